The number of aromatic nitrogens is 2. The minimum absolute atomic E-state index is 1.04. The van der Waals surface area contributed by atoms with Crippen LogP contribution in [-0.2, 0) is 0 Å². The normalized spacial score (nSPS) is 11.2. The van der Waals surface area contributed by atoms with Gasteiger partial charge in [-0.05, 0) is 68.5 Å². The van der Waals surface area contributed by atoms with Crippen molar-refractivity contribution in [3.8, 4) is 11.3 Å². The largest absolute Gasteiger partial charge is 0.306 e. The molecule has 0 saturated carbocycles. The number of benzene rings is 1. The molecule has 102 valence electrons. The molecule has 0 aliphatic rings. The van der Waals surface area contributed by atoms with Crippen LogP contribution < -0.4 is 0 Å². The van der Waals surface area contributed by atoms with E-state index in [4.69, 9.17) is 4.98 Å². The fourth-order valence-electron chi connectivity index (χ4n) is 2.88. The zero-order valence-electron chi connectivity index (χ0n) is 12.8. The van der Waals surface area contributed by atoms with E-state index in [0.717, 1.165) is 11.3 Å². The van der Waals surface area contributed by atoms with Crippen molar-refractivity contribution in [1.29, 1.82) is 0 Å². The van der Waals surface area contributed by atoms with Gasteiger partial charge >= 0.3 is 0 Å². The van der Waals surface area contributed by atoms with Crippen molar-refractivity contribution in [3.63, 3.8) is 0 Å². The second kappa shape index (κ2) is 4.48. The lowest BCUT2D eigenvalue weighted by Crippen LogP contribution is -1.95. The van der Waals surface area contributed by atoms with Crippen LogP contribution in [0.1, 0.15) is 27.8 Å². The van der Waals surface area contributed by atoms with Gasteiger partial charge in [0, 0.05) is 18.0 Å². The number of hydrogen-bond acceptors (Lipinski definition) is 1. The van der Waals surface area contributed by atoms with E-state index in [0.29, 0.717) is 0 Å². The summed E-state index contributed by atoms with van der Waals surface area (Å²) < 4.78 is 2.11. The molecule has 1 aromatic carbocycles. The van der Waals surface area contributed by atoms with Gasteiger partial charge in [0.2, 0.25) is 0 Å². The second-order valence-electron chi connectivity index (χ2n) is 5.68. The molecule has 0 N–H and O–H groups in total. The van der Waals surface area contributed by atoms with Crippen molar-refractivity contribution in [2.45, 2.75) is 34.6 Å². The third-order valence-corrected chi connectivity index (χ3v) is 4.30. The van der Waals surface area contributed by atoms with Crippen LogP contribution in [0.5, 0.6) is 0 Å². The molecule has 0 unspecified atom stereocenters. The molecule has 0 atom stereocenters. The summed E-state index contributed by atoms with van der Waals surface area (Å²) in [6, 6.07) is 6.43. The lowest BCUT2D eigenvalue weighted by atomic mass is 9.93. The zero-order valence-corrected chi connectivity index (χ0v) is 12.8. The number of hydrogen-bond donors (Lipinski definition) is 0. The Morgan fingerprint density at radius 2 is 1.55 bits per heavy atom. The molecule has 2 aromatic heterocycles. The molecule has 0 fully saturated rings. The van der Waals surface area contributed by atoms with Gasteiger partial charge < -0.3 is 4.40 Å². The van der Waals surface area contributed by atoms with Gasteiger partial charge in [0.1, 0.15) is 5.65 Å². The van der Waals surface area contributed by atoms with E-state index in [1.807, 2.05) is 0 Å². The van der Waals surface area contributed by atoms with Crippen molar-refractivity contribution < 1.29 is 0 Å². The summed E-state index contributed by atoms with van der Waals surface area (Å²) in [7, 11) is 0. The molecule has 0 bridgehead atoms. The molecule has 3 aromatic rings. The Morgan fingerprint density at radius 1 is 0.900 bits per heavy atom. The third-order valence-electron chi connectivity index (χ3n) is 4.30. The Hall–Kier alpha value is -2.09. The van der Waals surface area contributed by atoms with Crippen molar-refractivity contribution >= 4 is 5.65 Å². The first-order valence-corrected chi connectivity index (χ1v) is 7.01. The smallest absolute Gasteiger partial charge is 0.140 e. The summed E-state index contributed by atoms with van der Waals surface area (Å²) in [5.41, 5.74) is 9.92. The summed E-state index contributed by atoms with van der Waals surface area (Å²) in [4.78, 5) is 4.85. The number of nitrogens with zero attached hydrogens (tertiary/aromatic N) is 2. The highest BCUT2D eigenvalue weighted by Crippen LogP contribution is 2.31. The van der Waals surface area contributed by atoms with Gasteiger partial charge in [-0.3, -0.25) is 0 Å². The molecule has 2 heteroatoms. The molecule has 20 heavy (non-hydrogen) atoms. The Labute approximate surface area is 120 Å². The first-order valence-electron chi connectivity index (χ1n) is 7.01. The Kier molecular flexibility index (Phi) is 2.89. The minimum Gasteiger partial charge on any atom is -0.306 e. The molecule has 0 spiro atoms. The predicted octanol–water partition coefficient (Wildman–Crippen LogP) is 4.54. The maximum Gasteiger partial charge on any atom is 0.140 e. The van der Waals surface area contributed by atoms with Gasteiger partial charge in [-0.1, -0.05) is 12.1 Å². The predicted molar refractivity (Wildman–Crippen MR) is 84.3 cm³/mol. The zero-order chi connectivity index (χ0) is 14.4. The van der Waals surface area contributed by atoms with Crippen molar-refractivity contribution in [2.75, 3.05) is 0 Å². The standard InChI is InChI=1S/C18H20N2/c1-11-7-6-8-20-10-16(19-18(11)20)17-14(4)12(2)9-13(3)15(17)5/h6-10H,1-5H3. The van der Waals surface area contributed by atoms with Gasteiger partial charge in [-0.2, -0.15) is 0 Å². The fourth-order valence-corrected chi connectivity index (χ4v) is 2.88. The lowest BCUT2D eigenvalue weighted by molar-refractivity contribution is 1.16. The van der Waals surface area contributed by atoms with Crippen LogP contribution in [0.2, 0.25) is 0 Å². The van der Waals surface area contributed by atoms with Crippen molar-refractivity contribution in [1.82, 2.24) is 9.38 Å². The molecule has 3 rings (SSSR count). The highest BCUT2D eigenvalue weighted by atomic mass is 15.0. The van der Waals surface area contributed by atoms with Gasteiger partial charge in [0.15, 0.2) is 0 Å². The number of rotatable bonds is 1. The number of fused-ring (bicyclic) bond motifs is 1. The quantitative estimate of drug-likeness (QED) is 0.630. The third kappa shape index (κ3) is 1.83. The second-order valence-corrected chi connectivity index (χ2v) is 5.68. The average Bonchev–Trinajstić information content (AvgIpc) is 2.82. The summed E-state index contributed by atoms with van der Waals surface area (Å²) in [6.45, 7) is 10.8. The fraction of sp³-hybridized carbons (Fsp3) is 0.278. The van der Waals surface area contributed by atoms with E-state index < -0.39 is 0 Å². The highest BCUT2D eigenvalue weighted by molar-refractivity contribution is 5.72. The van der Waals surface area contributed by atoms with E-state index in [-0.39, 0.29) is 0 Å². The molecule has 2 nitrogen and oxygen atoms in total. The van der Waals surface area contributed by atoms with Crippen molar-refractivity contribution in [3.05, 3.63) is 58.4 Å². The van der Waals surface area contributed by atoms with Gasteiger partial charge in [0.05, 0.1) is 5.69 Å². The Bertz CT molecular complexity index is 784. The van der Waals surface area contributed by atoms with Crippen molar-refractivity contribution in [2.24, 2.45) is 0 Å². The van der Waals surface area contributed by atoms with E-state index >= 15 is 0 Å². The van der Waals surface area contributed by atoms with E-state index in [1.54, 1.807) is 0 Å². The molecule has 0 aliphatic heterocycles. The van der Waals surface area contributed by atoms with Gasteiger partial charge in [0.25, 0.3) is 0 Å². The summed E-state index contributed by atoms with van der Waals surface area (Å²) >= 11 is 0. The topological polar surface area (TPSA) is 17.3 Å². The minimum atomic E-state index is 1.04. The molecule has 0 aliphatic carbocycles. The van der Waals surface area contributed by atoms with Crippen LogP contribution in [0.15, 0.2) is 30.6 Å². The van der Waals surface area contributed by atoms with E-state index in [1.165, 1.54) is 33.4 Å². The van der Waals surface area contributed by atoms with E-state index in [2.05, 4.69) is 69.6 Å². The van der Waals surface area contributed by atoms with E-state index in [9.17, 15) is 0 Å². The molecular formula is C18H20N2. The molecule has 2 heterocycles. The first kappa shape index (κ1) is 12.9. The average molecular weight is 264 g/mol. The van der Waals surface area contributed by atoms with Gasteiger partial charge in [-0.15, -0.1) is 0 Å². The van der Waals surface area contributed by atoms with Crippen LogP contribution in [-0.4, -0.2) is 9.38 Å². The maximum atomic E-state index is 4.85. The summed E-state index contributed by atoms with van der Waals surface area (Å²) in [6.07, 6.45) is 4.20. The molecule has 0 radical (unpaired) electrons. The SMILES string of the molecule is Cc1cc(C)c(C)c(-c2cn3cccc(C)c3n2)c1C. The number of imidazole rings is 1. The summed E-state index contributed by atoms with van der Waals surface area (Å²) in [5, 5.41) is 0. The Balaban J connectivity index is 2.34. The maximum absolute atomic E-state index is 4.85. The van der Waals surface area contributed by atoms with Crippen LogP contribution in [0, 0.1) is 34.6 Å². The molecular weight excluding hydrogens is 244 g/mol. The van der Waals surface area contributed by atoms with Crippen LogP contribution in [0.4, 0.5) is 0 Å². The number of aryl methyl sites for hydroxylation is 3. The molecule has 0 amide bonds. The Morgan fingerprint density at radius 3 is 2.15 bits per heavy atom. The van der Waals surface area contributed by atoms with Gasteiger partial charge in [-0.25, -0.2) is 4.98 Å². The summed E-state index contributed by atoms with van der Waals surface area (Å²) in [5.74, 6) is 0. The van der Waals surface area contributed by atoms with Crippen LogP contribution in [0.3, 0.4) is 0 Å². The number of pyridine rings is 1. The van der Waals surface area contributed by atoms with Crippen LogP contribution >= 0.6 is 0 Å². The molecule has 0 saturated heterocycles. The van der Waals surface area contributed by atoms with Crippen LogP contribution in [0.25, 0.3) is 16.9 Å². The first-order chi connectivity index (χ1) is 9.49. The highest BCUT2D eigenvalue weighted by Gasteiger charge is 2.14. The monoisotopic (exact) mass is 264 g/mol. The lowest BCUT2D eigenvalue weighted by Gasteiger charge is -2.13.